The standard InChI is InChI=1S/C17H28N2/c1-12-8-7-9-15(14(12)3)19-11-16(17(4,5)6)18-10-13(19)2/h7-9,13,16,18H,10-11H2,1-6H3. The van der Waals surface area contributed by atoms with Gasteiger partial charge in [0.2, 0.25) is 0 Å². The quantitative estimate of drug-likeness (QED) is 0.831. The molecular formula is C17H28N2. The van der Waals surface area contributed by atoms with E-state index in [0.717, 1.165) is 13.1 Å². The van der Waals surface area contributed by atoms with E-state index in [2.05, 4.69) is 70.0 Å². The first-order valence-electron chi connectivity index (χ1n) is 7.37. The van der Waals surface area contributed by atoms with Gasteiger partial charge in [0.15, 0.2) is 0 Å². The fourth-order valence-electron chi connectivity index (χ4n) is 2.83. The largest absolute Gasteiger partial charge is 0.366 e. The Morgan fingerprint density at radius 1 is 1.21 bits per heavy atom. The number of nitrogens with one attached hydrogen (secondary N) is 1. The molecule has 1 aliphatic rings. The summed E-state index contributed by atoms with van der Waals surface area (Å²) in [5.74, 6) is 0. The molecule has 1 aliphatic heterocycles. The van der Waals surface area contributed by atoms with Crippen LogP contribution in [0.5, 0.6) is 0 Å². The second-order valence-electron chi connectivity index (χ2n) is 7.05. The van der Waals surface area contributed by atoms with E-state index in [-0.39, 0.29) is 0 Å². The Labute approximate surface area is 118 Å². The predicted octanol–water partition coefficient (Wildman–Crippen LogP) is 3.52. The van der Waals surface area contributed by atoms with Crippen molar-refractivity contribution in [2.75, 3.05) is 18.0 Å². The summed E-state index contributed by atoms with van der Waals surface area (Å²) in [5.41, 5.74) is 4.51. The number of benzene rings is 1. The van der Waals surface area contributed by atoms with Crippen LogP contribution in [0.4, 0.5) is 5.69 Å². The van der Waals surface area contributed by atoms with Crippen molar-refractivity contribution in [3.63, 3.8) is 0 Å². The van der Waals surface area contributed by atoms with Crippen LogP contribution >= 0.6 is 0 Å². The summed E-state index contributed by atoms with van der Waals surface area (Å²) >= 11 is 0. The van der Waals surface area contributed by atoms with Gasteiger partial charge in [0.05, 0.1) is 0 Å². The highest BCUT2D eigenvalue weighted by molar-refractivity contribution is 5.57. The SMILES string of the molecule is Cc1cccc(N2CC(C(C)(C)C)NCC2C)c1C. The van der Waals surface area contributed by atoms with Crippen molar-refractivity contribution in [3.8, 4) is 0 Å². The van der Waals surface area contributed by atoms with Gasteiger partial charge in [-0.15, -0.1) is 0 Å². The van der Waals surface area contributed by atoms with Crippen LogP contribution in [-0.4, -0.2) is 25.2 Å². The van der Waals surface area contributed by atoms with E-state index < -0.39 is 0 Å². The topological polar surface area (TPSA) is 15.3 Å². The number of hydrogen-bond acceptors (Lipinski definition) is 2. The molecule has 106 valence electrons. The molecule has 19 heavy (non-hydrogen) atoms. The van der Waals surface area contributed by atoms with E-state index in [0.29, 0.717) is 17.5 Å². The summed E-state index contributed by atoms with van der Waals surface area (Å²) in [4.78, 5) is 2.58. The summed E-state index contributed by atoms with van der Waals surface area (Å²) < 4.78 is 0. The number of hydrogen-bond donors (Lipinski definition) is 1. The van der Waals surface area contributed by atoms with Crippen molar-refractivity contribution >= 4 is 5.69 Å². The molecule has 0 bridgehead atoms. The molecule has 2 rings (SSSR count). The van der Waals surface area contributed by atoms with E-state index >= 15 is 0 Å². The fourth-order valence-corrected chi connectivity index (χ4v) is 2.83. The van der Waals surface area contributed by atoms with Crippen molar-refractivity contribution in [1.82, 2.24) is 5.32 Å². The molecule has 0 spiro atoms. The maximum atomic E-state index is 3.70. The number of piperazine rings is 1. The van der Waals surface area contributed by atoms with Crippen LogP contribution in [0, 0.1) is 19.3 Å². The summed E-state index contributed by atoms with van der Waals surface area (Å²) in [6, 6.07) is 7.75. The summed E-state index contributed by atoms with van der Waals surface area (Å²) in [6.07, 6.45) is 0. The first kappa shape index (κ1) is 14.4. The zero-order chi connectivity index (χ0) is 14.2. The molecule has 0 aromatic heterocycles. The van der Waals surface area contributed by atoms with Crippen LogP contribution in [-0.2, 0) is 0 Å². The molecule has 1 aromatic carbocycles. The van der Waals surface area contributed by atoms with Gasteiger partial charge >= 0.3 is 0 Å². The van der Waals surface area contributed by atoms with E-state index in [1.807, 2.05) is 0 Å². The molecule has 1 N–H and O–H groups in total. The maximum absolute atomic E-state index is 3.70. The normalized spacial score (nSPS) is 24.6. The summed E-state index contributed by atoms with van der Waals surface area (Å²) in [5, 5.41) is 3.70. The Morgan fingerprint density at radius 2 is 1.89 bits per heavy atom. The molecule has 2 heteroatoms. The van der Waals surface area contributed by atoms with Gasteiger partial charge in [-0.2, -0.15) is 0 Å². The fraction of sp³-hybridized carbons (Fsp3) is 0.647. The molecule has 2 atom stereocenters. The second-order valence-corrected chi connectivity index (χ2v) is 7.05. The molecule has 1 heterocycles. The highest BCUT2D eigenvalue weighted by atomic mass is 15.2. The van der Waals surface area contributed by atoms with Crippen molar-refractivity contribution in [1.29, 1.82) is 0 Å². The van der Waals surface area contributed by atoms with Crippen LogP contribution < -0.4 is 10.2 Å². The molecule has 0 saturated carbocycles. The molecular weight excluding hydrogens is 232 g/mol. The molecule has 2 unspecified atom stereocenters. The van der Waals surface area contributed by atoms with E-state index in [1.165, 1.54) is 16.8 Å². The van der Waals surface area contributed by atoms with Gasteiger partial charge in [-0.25, -0.2) is 0 Å². The molecule has 0 radical (unpaired) electrons. The third kappa shape index (κ3) is 2.94. The first-order chi connectivity index (χ1) is 8.80. The number of rotatable bonds is 1. The Morgan fingerprint density at radius 3 is 2.53 bits per heavy atom. The lowest BCUT2D eigenvalue weighted by Gasteiger charge is -2.45. The highest BCUT2D eigenvalue weighted by Crippen LogP contribution is 2.30. The lowest BCUT2D eigenvalue weighted by molar-refractivity contribution is 0.239. The van der Waals surface area contributed by atoms with Crippen LogP contribution in [0.2, 0.25) is 0 Å². The Bertz CT molecular complexity index is 445. The zero-order valence-corrected chi connectivity index (χ0v) is 13.2. The van der Waals surface area contributed by atoms with Gasteiger partial charge in [0.25, 0.3) is 0 Å². The molecule has 0 aliphatic carbocycles. The van der Waals surface area contributed by atoms with Gasteiger partial charge in [-0.3, -0.25) is 0 Å². The Kier molecular flexibility index (Phi) is 3.91. The van der Waals surface area contributed by atoms with Gasteiger partial charge in [0.1, 0.15) is 0 Å². The predicted molar refractivity (Wildman–Crippen MR) is 84.0 cm³/mol. The highest BCUT2D eigenvalue weighted by Gasteiger charge is 2.32. The third-order valence-electron chi connectivity index (χ3n) is 4.50. The Balaban J connectivity index is 2.29. The molecule has 1 saturated heterocycles. The summed E-state index contributed by atoms with van der Waals surface area (Å²) in [7, 11) is 0. The van der Waals surface area contributed by atoms with Crippen molar-refractivity contribution in [2.24, 2.45) is 5.41 Å². The van der Waals surface area contributed by atoms with Crippen LogP contribution in [0.15, 0.2) is 18.2 Å². The smallest absolute Gasteiger partial charge is 0.0401 e. The first-order valence-corrected chi connectivity index (χ1v) is 7.37. The van der Waals surface area contributed by atoms with Gasteiger partial charge in [0, 0.05) is 30.9 Å². The Hall–Kier alpha value is -1.02. The van der Waals surface area contributed by atoms with Gasteiger partial charge < -0.3 is 10.2 Å². The minimum absolute atomic E-state index is 0.302. The number of anilines is 1. The molecule has 1 aromatic rings. The van der Waals surface area contributed by atoms with Crippen LogP contribution in [0.25, 0.3) is 0 Å². The van der Waals surface area contributed by atoms with E-state index in [4.69, 9.17) is 0 Å². The second kappa shape index (κ2) is 5.16. The van der Waals surface area contributed by atoms with Gasteiger partial charge in [-0.05, 0) is 43.4 Å². The molecule has 0 amide bonds. The van der Waals surface area contributed by atoms with Crippen LogP contribution in [0.1, 0.15) is 38.8 Å². The number of aryl methyl sites for hydroxylation is 1. The molecule has 2 nitrogen and oxygen atoms in total. The lowest BCUT2D eigenvalue weighted by atomic mass is 9.84. The monoisotopic (exact) mass is 260 g/mol. The zero-order valence-electron chi connectivity index (χ0n) is 13.2. The average molecular weight is 260 g/mol. The lowest BCUT2D eigenvalue weighted by Crippen LogP contribution is -2.59. The minimum atomic E-state index is 0.302. The summed E-state index contributed by atoms with van der Waals surface area (Å²) in [6.45, 7) is 15.9. The van der Waals surface area contributed by atoms with Crippen LogP contribution in [0.3, 0.4) is 0 Å². The van der Waals surface area contributed by atoms with E-state index in [9.17, 15) is 0 Å². The van der Waals surface area contributed by atoms with E-state index in [1.54, 1.807) is 0 Å². The van der Waals surface area contributed by atoms with Crippen molar-refractivity contribution in [2.45, 2.75) is 53.6 Å². The van der Waals surface area contributed by atoms with Crippen molar-refractivity contribution < 1.29 is 0 Å². The average Bonchev–Trinajstić information content (AvgIpc) is 2.32. The third-order valence-corrected chi connectivity index (χ3v) is 4.50. The van der Waals surface area contributed by atoms with Crippen molar-refractivity contribution in [3.05, 3.63) is 29.3 Å². The maximum Gasteiger partial charge on any atom is 0.0401 e. The number of nitrogens with zero attached hydrogens (tertiary/aromatic N) is 1. The minimum Gasteiger partial charge on any atom is -0.366 e. The van der Waals surface area contributed by atoms with Gasteiger partial charge in [-0.1, -0.05) is 32.9 Å². The molecule has 1 fully saturated rings.